The Kier molecular flexibility index (Phi) is 12.2. The van der Waals surface area contributed by atoms with E-state index in [0.29, 0.717) is 6.61 Å². The van der Waals surface area contributed by atoms with Crippen LogP contribution in [0.4, 0.5) is 0 Å². The molecule has 4 nitrogen and oxygen atoms in total. The van der Waals surface area contributed by atoms with Gasteiger partial charge in [-0.05, 0) is 6.42 Å². The summed E-state index contributed by atoms with van der Waals surface area (Å²) in [6, 6.07) is 0. The highest BCUT2D eigenvalue weighted by Crippen LogP contribution is 1.93. The lowest BCUT2D eigenvalue weighted by molar-refractivity contribution is -0.141. The van der Waals surface area contributed by atoms with E-state index in [4.69, 9.17) is 4.74 Å². The maximum Gasteiger partial charge on any atom is 0.302 e. The number of hydrogen-bond acceptors (Lipinski definition) is 3. The normalized spacial score (nSPS) is 8.23. The first kappa shape index (κ1) is 14.5. The van der Waals surface area contributed by atoms with Crippen molar-refractivity contribution in [2.45, 2.75) is 40.0 Å². The van der Waals surface area contributed by atoms with E-state index in [9.17, 15) is 9.59 Å². The lowest BCUT2D eigenvalue weighted by Crippen LogP contribution is -2.01. The summed E-state index contributed by atoms with van der Waals surface area (Å²) in [7, 11) is 0. The van der Waals surface area contributed by atoms with E-state index in [1.165, 1.54) is 20.3 Å². The van der Waals surface area contributed by atoms with Crippen molar-refractivity contribution in [2.75, 3.05) is 6.61 Å². The number of amides is 1. The van der Waals surface area contributed by atoms with E-state index in [-0.39, 0.29) is 11.9 Å². The van der Waals surface area contributed by atoms with Crippen LogP contribution in [-0.2, 0) is 14.3 Å². The summed E-state index contributed by atoms with van der Waals surface area (Å²) in [5, 5.41) is 0. The number of hydrogen-bond donors (Lipinski definition) is 1. The molecule has 0 bridgehead atoms. The third kappa shape index (κ3) is 35.8. The molecule has 0 aliphatic heterocycles. The van der Waals surface area contributed by atoms with Crippen LogP contribution in [0.15, 0.2) is 0 Å². The predicted octanol–water partition coefficient (Wildman–Crippen LogP) is 1.23. The van der Waals surface area contributed by atoms with Crippen molar-refractivity contribution in [3.05, 3.63) is 0 Å². The van der Waals surface area contributed by atoms with Crippen LogP contribution in [0.3, 0.4) is 0 Å². The molecule has 0 aromatic carbocycles. The van der Waals surface area contributed by atoms with E-state index in [0.717, 1.165) is 12.8 Å². The Bertz CT molecular complexity index is 142. The van der Waals surface area contributed by atoms with Gasteiger partial charge in [-0.1, -0.05) is 19.8 Å². The second-order valence-electron chi connectivity index (χ2n) is 2.66. The molecule has 0 aromatic rings. The molecule has 0 radical (unpaired) electrons. The molecule has 0 fully saturated rings. The first-order valence-electron chi connectivity index (χ1n) is 4.40. The second-order valence-corrected chi connectivity index (χ2v) is 2.66. The van der Waals surface area contributed by atoms with Crippen LogP contribution in [-0.4, -0.2) is 18.5 Å². The number of ether oxygens (including phenoxy) is 1. The number of primary amides is 1. The van der Waals surface area contributed by atoms with Crippen LogP contribution >= 0.6 is 0 Å². The molecule has 0 atom stereocenters. The van der Waals surface area contributed by atoms with Gasteiger partial charge in [0.15, 0.2) is 0 Å². The van der Waals surface area contributed by atoms with Gasteiger partial charge in [-0.25, -0.2) is 0 Å². The summed E-state index contributed by atoms with van der Waals surface area (Å²) in [5.41, 5.74) is 4.47. The lowest BCUT2D eigenvalue weighted by atomic mass is 10.3. The maximum absolute atomic E-state index is 10.2. The molecular formula is C9H19NO3. The topological polar surface area (TPSA) is 69.4 Å². The van der Waals surface area contributed by atoms with Crippen molar-refractivity contribution < 1.29 is 14.3 Å². The summed E-state index contributed by atoms with van der Waals surface area (Å²) in [6.07, 6.45) is 3.31. The molecule has 0 saturated heterocycles. The van der Waals surface area contributed by atoms with Crippen LogP contribution in [0.2, 0.25) is 0 Å². The van der Waals surface area contributed by atoms with Crippen molar-refractivity contribution >= 4 is 11.9 Å². The van der Waals surface area contributed by atoms with Gasteiger partial charge in [-0.3, -0.25) is 9.59 Å². The highest BCUT2D eigenvalue weighted by molar-refractivity contribution is 5.70. The average Bonchev–Trinajstić information content (AvgIpc) is 1.97. The fourth-order valence-electron chi connectivity index (χ4n) is 0.568. The maximum atomic E-state index is 10.2. The fraction of sp³-hybridized carbons (Fsp3) is 0.778. The zero-order valence-electron chi connectivity index (χ0n) is 8.63. The number of carbonyl (C=O) groups is 2. The number of nitrogens with two attached hydrogens (primary N) is 1. The van der Waals surface area contributed by atoms with Crippen molar-refractivity contribution in [2.24, 2.45) is 5.73 Å². The van der Waals surface area contributed by atoms with Gasteiger partial charge in [0, 0.05) is 13.8 Å². The van der Waals surface area contributed by atoms with Crippen LogP contribution < -0.4 is 5.73 Å². The first-order valence-corrected chi connectivity index (χ1v) is 4.40. The SMILES string of the molecule is CC(N)=O.CCCCCOC(C)=O. The van der Waals surface area contributed by atoms with Crippen LogP contribution in [0.1, 0.15) is 40.0 Å². The Hall–Kier alpha value is -1.06. The third-order valence-electron chi connectivity index (χ3n) is 1.05. The van der Waals surface area contributed by atoms with E-state index in [2.05, 4.69) is 12.7 Å². The van der Waals surface area contributed by atoms with Gasteiger partial charge < -0.3 is 10.5 Å². The predicted molar refractivity (Wildman–Crippen MR) is 51.0 cm³/mol. The summed E-state index contributed by atoms with van der Waals surface area (Å²) < 4.78 is 4.70. The van der Waals surface area contributed by atoms with Gasteiger partial charge >= 0.3 is 5.97 Å². The van der Waals surface area contributed by atoms with E-state index >= 15 is 0 Å². The van der Waals surface area contributed by atoms with Crippen LogP contribution in [0, 0.1) is 0 Å². The van der Waals surface area contributed by atoms with Gasteiger partial charge in [-0.2, -0.15) is 0 Å². The van der Waals surface area contributed by atoms with Gasteiger partial charge in [0.05, 0.1) is 6.61 Å². The van der Waals surface area contributed by atoms with E-state index in [1.54, 1.807) is 0 Å². The molecule has 4 heteroatoms. The summed E-state index contributed by atoms with van der Waals surface area (Å²) in [5.74, 6) is -0.508. The number of rotatable bonds is 4. The molecule has 13 heavy (non-hydrogen) atoms. The zero-order chi connectivity index (χ0) is 10.7. The minimum atomic E-state index is -0.333. The van der Waals surface area contributed by atoms with E-state index in [1.807, 2.05) is 0 Å². The quantitative estimate of drug-likeness (QED) is 0.534. The Morgan fingerprint density at radius 3 is 2.00 bits per heavy atom. The smallest absolute Gasteiger partial charge is 0.302 e. The molecule has 2 N–H and O–H groups in total. The highest BCUT2D eigenvalue weighted by atomic mass is 16.5. The monoisotopic (exact) mass is 189 g/mol. The summed E-state index contributed by atoms with van der Waals surface area (Å²) >= 11 is 0. The Balaban J connectivity index is 0. The van der Waals surface area contributed by atoms with Crippen molar-refractivity contribution in [3.63, 3.8) is 0 Å². The van der Waals surface area contributed by atoms with Gasteiger partial charge in [0.2, 0.25) is 5.91 Å². The first-order chi connectivity index (χ1) is 6.00. The molecule has 0 heterocycles. The molecule has 1 amide bonds. The number of unbranched alkanes of at least 4 members (excludes halogenated alkanes) is 2. The Morgan fingerprint density at radius 2 is 1.69 bits per heavy atom. The minimum Gasteiger partial charge on any atom is -0.466 e. The fourth-order valence-corrected chi connectivity index (χ4v) is 0.568. The largest absolute Gasteiger partial charge is 0.466 e. The molecule has 78 valence electrons. The van der Waals surface area contributed by atoms with Crippen LogP contribution in [0.5, 0.6) is 0 Å². The van der Waals surface area contributed by atoms with Gasteiger partial charge in [0.1, 0.15) is 0 Å². The summed E-state index contributed by atoms with van der Waals surface area (Å²) in [6.45, 7) is 5.45. The Morgan fingerprint density at radius 1 is 1.23 bits per heavy atom. The minimum absolute atomic E-state index is 0.175. The lowest BCUT2D eigenvalue weighted by Gasteiger charge is -1.98. The highest BCUT2D eigenvalue weighted by Gasteiger charge is 1.89. The molecule has 0 saturated carbocycles. The number of carbonyl (C=O) groups excluding carboxylic acids is 2. The average molecular weight is 189 g/mol. The van der Waals surface area contributed by atoms with E-state index < -0.39 is 0 Å². The van der Waals surface area contributed by atoms with Crippen molar-refractivity contribution in [1.29, 1.82) is 0 Å². The van der Waals surface area contributed by atoms with Crippen molar-refractivity contribution in [1.82, 2.24) is 0 Å². The molecule has 0 unspecified atom stereocenters. The third-order valence-corrected chi connectivity index (χ3v) is 1.05. The molecular weight excluding hydrogens is 170 g/mol. The Labute approximate surface area is 79.4 Å². The number of esters is 1. The standard InChI is InChI=1S/C7H14O2.C2H5NO/c1-3-4-5-6-9-7(2)8;1-2(3)4/h3-6H2,1-2H3;1H3,(H2,3,4). The summed E-state index contributed by atoms with van der Waals surface area (Å²) in [4.78, 5) is 19.4. The molecule has 0 aromatic heterocycles. The molecule has 0 aliphatic rings. The zero-order valence-corrected chi connectivity index (χ0v) is 8.63. The molecule has 0 aliphatic carbocycles. The molecule has 0 rings (SSSR count). The molecule has 0 spiro atoms. The van der Waals surface area contributed by atoms with Crippen molar-refractivity contribution in [3.8, 4) is 0 Å². The van der Waals surface area contributed by atoms with Gasteiger partial charge in [-0.15, -0.1) is 0 Å². The second kappa shape index (κ2) is 10.9. The van der Waals surface area contributed by atoms with Gasteiger partial charge in [0.25, 0.3) is 0 Å². The van der Waals surface area contributed by atoms with Crippen LogP contribution in [0.25, 0.3) is 0 Å².